The van der Waals surface area contributed by atoms with E-state index in [2.05, 4.69) is 60.1 Å². The van der Waals surface area contributed by atoms with E-state index in [1.165, 1.54) is 6.26 Å². The van der Waals surface area contributed by atoms with Crippen LogP contribution in [-0.2, 0) is 20.0 Å². The maximum atomic E-state index is 12.2. The minimum Gasteiger partial charge on any atom is -0.378 e. The average molecular weight is 427 g/mol. The Morgan fingerprint density at radius 3 is 2.43 bits per heavy atom. The average Bonchev–Trinajstić information content (AvgIpc) is 2.90. The third-order valence-electron chi connectivity index (χ3n) is 6.42. The van der Waals surface area contributed by atoms with Gasteiger partial charge in [-0.25, -0.2) is 8.42 Å². The van der Waals surface area contributed by atoms with Gasteiger partial charge in [-0.2, -0.15) is 0 Å². The highest BCUT2D eigenvalue weighted by Gasteiger charge is 2.57. The van der Waals surface area contributed by atoms with Crippen LogP contribution in [0.25, 0.3) is 6.08 Å². The highest BCUT2D eigenvalue weighted by atomic mass is 32.2. The van der Waals surface area contributed by atoms with E-state index in [9.17, 15) is 8.42 Å². The molecule has 1 unspecified atom stereocenters. The van der Waals surface area contributed by atoms with Gasteiger partial charge in [-0.05, 0) is 54.0 Å². The molecule has 0 amide bonds. The molecule has 0 radical (unpaired) electrons. The van der Waals surface area contributed by atoms with Gasteiger partial charge in [0.05, 0.1) is 11.5 Å². The molecule has 1 saturated heterocycles. The van der Waals surface area contributed by atoms with Crippen LogP contribution in [0, 0.1) is 0 Å². The minimum absolute atomic E-state index is 0.354. The lowest BCUT2D eigenvalue weighted by Gasteiger charge is -2.48. The number of anilines is 2. The molecule has 6 heteroatoms. The summed E-state index contributed by atoms with van der Waals surface area (Å²) in [5.74, 6) is 0. The van der Waals surface area contributed by atoms with E-state index in [1.54, 1.807) is 6.07 Å². The summed E-state index contributed by atoms with van der Waals surface area (Å²) in [6.07, 6.45) is 6.46. The van der Waals surface area contributed by atoms with Crippen molar-refractivity contribution in [1.82, 2.24) is 0 Å². The molecule has 30 heavy (non-hydrogen) atoms. The number of nitrogens with zero attached hydrogens (tertiary/aromatic N) is 2. The molecule has 0 bridgehead atoms. The fourth-order valence-corrected chi connectivity index (χ4v) is 5.27. The summed E-state index contributed by atoms with van der Waals surface area (Å²) >= 11 is 0. The van der Waals surface area contributed by atoms with Gasteiger partial charge in [-0.15, -0.1) is 0 Å². The van der Waals surface area contributed by atoms with Crippen molar-refractivity contribution < 1.29 is 13.2 Å². The van der Waals surface area contributed by atoms with Crippen LogP contribution in [0.15, 0.2) is 53.4 Å². The molecule has 2 heterocycles. The van der Waals surface area contributed by atoms with Crippen molar-refractivity contribution in [2.24, 2.45) is 0 Å². The predicted octanol–water partition coefficient (Wildman–Crippen LogP) is 4.08. The smallest absolute Gasteiger partial charge is 0.175 e. The molecule has 2 aromatic rings. The molecule has 5 nitrogen and oxygen atoms in total. The van der Waals surface area contributed by atoms with Crippen molar-refractivity contribution in [3.63, 3.8) is 0 Å². The maximum Gasteiger partial charge on any atom is 0.175 e. The van der Waals surface area contributed by atoms with Gasteiger partial charge in [0.2, 0.25) is 0 Å². The molecule has 0 N–H and O–H groups in total. The molecular weight excluding hydrogens is 396 g/mol. The van der Waals surface area contributed by atoms with E-state index in [0.717, 1.165) is 35.5 Å². The predicted molar refractivity (Wildman–Crippen MR) is 123 cm³/mol. The lowest BCUT2D eigenvalue weighted by atomic mass is 9.76. The van der Waals surface area contributed by atoms with Crippen molar-refractivity contribution >= 4 is 27.3 Å². The minimum atomic E-state index is -3.27. The van der Waals surface area contributed by atoms with Crippen LogP contribution in [0.3, 0.4) is 0 Å². The van der Waals surface area contributed by atoms with Crippen molar-refractivity contribution in [3.8, 4) is 0 Å². The molecule has 2 aromatic carbocycles. The Bertz CT molecular complexity index is 1090. The van der Waals surface area contributed by atoms with Crippen molar-refractivity contribution in [3.05, 3.63) is 59.7 Å². The fraction of sp³-hybridized carbons (Fsp3) is 0.417. The van der Waals surface area contributed by atoms with Crippen LogP contribution in [0.5, 0.6) is 0 Å². The summed E-state index contributed by atoms with van der Waals surface area (Å²) in [5.41, 5.74) is 3.27. The van der Waals surface area contributed by atoms with Gasteiger partial charge >= 0.3 is 0 Å². The molecule has 1 atom stereocenters. The molecule has 0 aromatic heterocycles. The maximum absolute atomic E-state index is 12.2. The number of benzene rings is 2. The number of sulfone groups is 1. The molecule has 0 saturated carbocycles. The summed E-state index contributed by atoms with van der Waals surface area (Å²) in [4.78, 5) is 4.73. The highest BCUT2D eigenvalue weighted by molar-refractivity contribution is 7.90. The van der Waals surface area contributed by atoms with Gasteiger partial charge in [-0.3, -0.25) is 0 Å². The Kier molecular flexibility index (Phi) is 4.98. The molecule has 160 valence electrons. The van der Waals surface area contributed by atoms with Crippen LogP contribution in [0.2, 0.25) is 0 Å². The third-order valence-corrected chi connectivity index (χ3v) is 7.53. The standard InChI is InChI=1S/C24H30N2O3S/c1-23(2)21-17-20(30(5,27)28)11-12-22(21)26-15-6-16-29-24(23,26)14-13-18-7-9-19(10-8-18)25(3)4/h7-14,17H,6,15-16H2,1-5H3/b14-13+. The summed E-state index contributed by atoms with van der Waals surface area (Å²) in [7, 11) is 0.782. The first-order valence-corrected chi connectivity index (χ1v) is 12.2. The zero-order valence-corrected chi connectivity index (χ0v) is 19.2. The molecule has 1 fully saturated rings. The SMILES string of the molecule is CN(C)c1ccc(/C=C/C23OCCCN2c2ccc(S(C)(=O)=O)cc2C3(C)C)cc1. The quantitative estimate of drug-likeness (QED) is 0.737. The zero-order chi connectivity index (χ0) is 21.7. The zero-order valence-electron chi connectivity index (χ0n) is 18.3. The number of hydrogen-bond acceptors (Lipinski definition) is 5. The summed E-state index contributed by atoms with van der Waals surface area (Å²) < 4.78 is 30.8. The fourth-order valence-electron chi connectivity index (χ4n) is 4.63. The van der Waals surface area contributed by atoms with Crippen molar-refractivity contribution in [2.45, 2.75) is 36.3 Å². The highest BCUT2D eigenvalue weighted by Crippen LogP contribution is 2.54. The number of rotatable bonds is 4. The Morgan fingerprint density at radius 1 is 1.10 bits per heavy atom. The summed E-state index contributed by atoms with van der Waals surface area (Å²) in [6.45, 7) is 5.83. The van der Waals surface area contributed by atoms with Gasteiger partial charge in [-0.1, -0.05) is 32.1 Å². The van der Waals surface area contributed by atoms with Crippen LogP contribution < -0.4 is 9.80 Å². The van der Waals surface area contributed by atoms with E-state index in [-0.39, 0.29) is 0 Å². The first-order chi connectivity index (χ1) is 14.1. The molecule has 2 aliphatic rings. The second-order valence-corrected chi connectivity index (χ2v) is 11.0. The van der Waals surface area contributed by atoms with Gasteiger partial charge < -0.3 is 14.5 Å². The third kappa shape index (κ3) is 3.22. The van der Waals surface area contributed by atoms with Gasteiger partial charge in [0.15, 0.2) is 15.6 Å². The monoisotopic (exact) mass is 426 g/mol. The molecule has 2 aliphatic heterocycles. The lowest BCUT2D eigenvalue weighted by molar-refractivity contribution is -0.0683. The first-order valence-electron chi connectivity index (χ1n) is 10.3. The van der Waals surface area contributed by atoms with Crippen LogP contribution in [0.4, 0.5) is 11.4 Å². The van der Waals surface area contributed by atoms with E-state index in [4.69, 9.17) is 4.74 Å². The second kappa shape index (κ2) is 7.13. The van der Waals surface area contributed by atoms with Gasteiger partial charge in [0, 0.05) is 43.7 Å². The van der Waals surface area contributed by atoms with Crippen LogP contribution in [0.1, 0.15) is 31.4 Å². The molecule has 0 aliphatic carbocycles. The molecule has 4 rings (SSSR count). The van der Waals surface area contributed by atoms with Gasteiger partial charge in [0.25, 0.3) is 0 Å². The van der Waals surface area contributed by atoms with Crippen molar-refractivity contribution in [1.29, 1.82) is 0 Å². The van der Waals surface area contributed by atoms with E-state index < -0.39 is 21.0 Å². The number of ether oxygens (including phenoxy) is 1. The van der Waals surface area contributed by atoms with E-state index >= 15 is 0 Å². The second-order valence-electron chi connectivity index (χ2n) is 8.95. The van der Waals surface area contributed by atoms with E-state index in [0.29, 0.717) is 11.5 Å². The first kappa shape index (κ1) is 20.9. The summed E-state index contributed by atoms with van der Waals surface area (Å²) in [6, 6.07) is 13.9. The largest absolute Gasteiger partial charge is 0.378 e. The molecule has 0 spiro atoms. The Balaban J connectivity index is 1.78. The molecular formula is C24H30N2O3S. The van der Waals surface area contributed by atoms with Crippen LogP contribution >= 0.6 is 0 Å². The van der Waals surface area contributed by atoms with Crippen molar-refractivity contribution in [2.75, 3.05) is 43.3 Å². The Morgan fingerprint density at radius 2 is 1.80 bits per heavy atom. The Labute approximate surface area is 179 Å². The normalized spacial score (nSPS) is 22.8. The number of hydrogen-bond donors (Lipinski definition) is 0. The Hall–Kier alpha value is -2.31. The van der Waals surface area contributed by atoms with Gasteiger partial charge in [0.1, 0.15) is 0 Å². The van der Waals surface area contributed by atoms with E-state index in [1.807, 2.05) is 26.2 Å². The lowest BCUT2D eigenvalue weighted by Crippen LogP contribution is -2.59. The van der Waals surface area contributed by atoms with Crippen LogP contribution in [-0.4, -0.2) is 47.6 Å². The topological polar surface area (TPSA) is 49.9 Å². The summed E-state index contributed by atoms with van der Waals surface area (Å²) in [5, 5.41) is 0. The number of fused-ring (bicyclic) bond motifs is 3.